The summed E-state index contributed by atoms with van der Waals surface area (Å²) in [5, 5.41) is 20.0. The summed E-state index contributed by atoms with van der Waals surface area (Å²) in [6.45, 7) is 5.05. The van der Waals surface area contributed by atoms with E-state index in [4.69, 9.17) is 22.1 Å². The fourth-order valence-corrected chi connectivity index (χ4v) is 6.58. The first-order valence-corrected chi connectivity index (χ1v) is 15.4. The summed E-state index contributed by atoms with van der Waals surface area (Å²) in [4.78, 5) is 26.9. The van der Waals surface area contributed by atoms with E-state index in [1.165, 1.54) is 23.5 Å². The van der Waals surface area contributed by atoms with Crippen LogP contribution in [0.15, 0.2) is 53.4 Å². The molecule has 228 valence electrons. The molecule has 2 amide bonds. The number of ether oxygens (including phenoxy) is 1. The third kappa shape index (κ3) is 9.49. The van der Waals surface area contributed by atoms with Gasteiger partial charge in [0, 0.05) is 23.7 Å². The highest BCUT2D eigenvalue weighted by Gasteiger charge is 2.34. The van der Waals surface area contributed by atoms with Gasteiger partial charge in [-0.15, -0.1) is 0 Å². The van der Waals surface area contributed by atoms with Crippen molar-refractivity contribution in [2.75, 3.05) is 20.3 Å². The van der Waals surface area contributed by atoms with Gasteiger partial charge in [0.25, 0.3) is 0 Å². The van der Waals surface area contributed by atoms with Crippen LogP contribution in [0, 0.1) is 5.92 Å². The van der Waals surface area contributed by atoms with E-state index in [-0.39, 0.29) is 36.8 Å². The smallest absolute Gasteiger partial charge is 0.416 e. The maximum absolute atomic E-state index is 13.6. The molecule has 0 aliphatic rings. The van der Waals surface area contributed by atoms with Gasteiger partial charge in [-0.1, -0.05) is 55.8 Å². The number of halogens is 1. The number of carbonyl (C=O) groups is 2. The van der Waals surface area contributed by atoms with Crippen molar-refractivity contribution in [3.05, 3.63) is 64.7 Å². The van der Waals surface area contributed by atoms with E-state index < -0.39 is 46.8 Å². The minimum absolute atomic E-state index is 0.0125. The van der Waals surface area contributed by atoms with Crippen molar-refractivity contribution in [3.63, 3.8) is 0 Å². The zero-order valence-corrected chi connectivity index (χ0v) is 25.6. The molecule has 2 aromatic carbocycles. The second-order valence-electron chi connectivity index (χ2n) is 10.5. The number of amides is 2. The second kappa shape index (κ2) is 16.2. The number of hydrogen-bond acceptors (Lipinski definition) is 8. The first-order chi connectivity index (χ1) is 19.4. The van der Waals surface area contributed by atoms with Crippen LogP contribution in [0.1, 0.15) is 51.2 Å². The molecular weight excluding hydrogens is 570 g/mol. The number of aliphatic hydroxyl groups excluding tert-OH is 2. The topological polar surface area (TPSA) is 150 Å². The van der Waals surface area contributed by atoms with Crippen LogP contribution in [0.5, 0.6) is 0 Å². The molecule has 0 unspecified atom stereocenters. The number of nitrogens with two attached hydrogens (primary N) is 1. The van der Waals surface area contributed by atoms with Gasteiger partial charge >= 0.3 is 6.09 Å². The molecular formula is C29H42ClN3O7S. The molecule has 0 aliphatic carbocycles. The summed E-state index contributed by atoms with van der Waals surface area (Å²) >= 11 is 6.21. The van der Waals surface area contributed by atoms with Crippen LogP contribution in [0.3, 0.4) is 0 Å². The SMILES string of the molecule is COC(=O)N(C(=O)[C@@H](N)Cc1ccccc1Cl)[C@@H](C)CCC[C@@H](CO)N(CC(C)C)S(=O)(=O)c1ccc(CO)cc1. The monoisotopic (exact) mass is 611 g/mol. The van der Waals surface area contributed by atoms with Crippen LogP contribution >= 0.6 is 11.6 Å². The lowest BCUT2D eigenvalue weighted by Gasteiger charge is -2.32. The maximum atomic E-state index is 13.6. The lowest BCUT2D eigenvalue weighted by molar-refractivity contribution is -0.132. The Morgan fingerprint density at radius 3 is 2.20 bits per heavy atom. The standard InChI is InChI=1S/C29H42ClN3O7S/c1-20(2)17-32(41(38,39)25-14-12-22(18-34)13-15-25)24(19-35)10-7-8-21(3)33(29(37)40-4)28(36)27(31)16-23-9-5-6-11-26(23)30/h5-6,9,11-15,20-21,24,27,34-35H,7-8,10,16-19,31H2,1-4H3/t21-,24-,27-/m0/s1. The highest BCUT2D eigenvalue weighted by Crippen LogP contribution is 2.24. The number of nitrogens with zero attached hydrogens (tertiary/aromatic N) is 2. The second-order valence-corrected chi connectivity index (χ2v) is 12.8. The normalized spacial score (nSPS) is 14.1. The third-order valence-electron chi connectivity index (χ3n) is 6.80. The predicted molar refractivity (Wildman–Crippen MR) is 158 cm³/mol. The van der Waals surface area contributed by atoms with E-state index in [2.05, 4.69) is 0 Å². The van der Waals surface area contributed by atoms with Gasteiger partial charge in [0.05, 0.1) is 31.3 Å². The van der Waals surface area contributed by atoms with Gasteiger partial charge < -0.3 is 20.7 Å². The third-order valence-corrected chi connectivity index (χ3v) is 9.10. The molecule has 0 bridgehead atoms. The molecule has 12 heteroatoms. The summed E-state index contributed by atoms with van der Waals surface area (Å²) in [5.41, 5.74) is 7.44. The zero-order valence-electron chi connectivity index (χ0n) is 24.1. The molecule has 0 fully saturated rings. The molecule has 0 radical (unpaired) electrons. The minimum atomic E-state index is -3.95. The molecule has 2 aromatic rings. The van der Waals surface area contributed by atoms with Crippen molar-refractivity contribution >= 4 is 33.6 Å². The Morgan fingerprint density at radius 1 is 1.02 bits per heavy atom. The van der Waals surface area contributed by atoms with Crippen LogP contribution in [-0.4, -0.2) is 78.2 Å². The Balaban J connectivity index is 2.16. The molecule has 4 N–H and O–H groups in total. The van der Waals surface area contributed by atoms with Gasteiger partial charge in [-0.05, 0) is 67.9 Å². The van der Waals surface area contributed by atoms with E-state index in [0.717, 1.165) is 4.90 Å². The Kier molecular flexibility index (Phi) is 13.7. The molecule has 0 heterocycles. The van der Waals surface area contributed by atoms with Crippen LogP contribution in [0.25, 0.3) is 0 Å². The van der Waals surface area contributed by atoms with Gasteiger partial charge in [0.15, 0.2) is 0 Å². The van der Waals surface area contributed by atoms with Crippen LogP contribution < -0.4 is 5.73 Å². The quantitative estimate of drug-likeness (QED) is 0.277. The average Bonchev–Trinajstić information content (AvgIpc) is 2.95. The number of hydrogen-bond donors (Lipinski definition) is 3. The number of methoxy groups -OCH3 is 1. The van der Waals surface area contributed by atoms with Gasteiger partial charge in [-0.2, -0.15) is 4.31 Å². The van der Waals surface area contributed by atoms with Crippen molar-refractivity contribution < 1.29 is 33.0 Å². The maximum Gasteiger partial charge on any atom is 0.416 e. The summed E-state index contributed by atoms with van der Waals surface area (Å²) in [6.07, 6.45) is 0.312. The number of sulfonamides is 1. The van der Waals surface area contributed by atoms with Crippen LogP contribution in [0.4, 0.5) is 4.79 Å². The fraction of sp³-hybridized carbons (Fsp3) is 0.517. The van der Waals surface area contributed by atoms with Crippen LogP contribution in [0.2, 0.25) is 5.02 Å². The molecule has 0 spiro atoms. The molecule has 0 saturated heterocycles. The molecule has 0 saturated carbocycles. The van der Waals surface area contributed by atoms with E-state index in [1.807, 2.05) is 13.8 Å². The molecule has 0 aromatic heterocycles. The lowest BCUT2D eigenvalue weighted by Crippen LogP contribution is -2.51. The molecule has 0 aliphatic heterocycles. The Bertz CT molecular complexity index is 1240. The van der Waals surface area contributed by atoms with E-state index in [1.54, 1.807) is 43.3 Å². The van der Waals surface area contributed by atoms with E-state index in [0.29, 0.717) is 29.0 Å². The van der Waals surface area contributed by atoms with Gasteiger partial charge in [-0.3, -0.25) is 4.79 Å². The van der Waals surface area contributed by atoms with Crippen LogP contribution in [-0.2, 0) is 32.6 Å². The van der Waals surface area contributed by atoms with E-state index in [9.17, 15) is 28.2 Å². The number of rotatable bonds is 15. The first-order valence-electron chi connectivity index (χ1n) is 13.6. The summed E-state index contributed by atoms with van der Waals surface area (Å²) in [6, 6.07) is 10.6. The molecule has 10 nitrogen and oxygen atoms in total. The van der Waals surface area contributed by atoms with Crippen molar-refractivity contribution in [1.82, 2.24) is 9.21 Å². The predicted octanol–water partition coefficient (Wildman–Crippen LogP) is 3.56. The van der Waals surface area contributed by atoms with Gasteiger partial charge in [0.2, 0.25) is 15.9 Å². The molecule has 3 atom stereocenters. The van der Waals surface area contributed by atoms with Crippen molar-refractivity contribution in [3.8, 4) is 0 Å². The minimum Gasteiger partial charge on any atom is -0.452 e. The Hall–Kier alpha value is -2.54. The summed E-state index contributed by atoms with van der Waals surface area (Å²) < 4.78 is 33.3. The number of imide groups is 1. The van der Waals surface area contributed by atoms with Gasteiger partial charge in [0.1, 0.15) is 0 Å². The largest absolute Gasteiger partial charge is 0.452 e. The van der Waals surface area contributed by atoms with Gasteiger partial charge in [-0.25, -0.2) is 18.1 Å². The zero-order chi connectivity index (χ0) is 30.7. The van der Waals surface area contributed by atoms with Crippen molar-refractivity contribution in [2.45, 2.75) is 76.1 Å². The van der Waals surface area contributed by atoms with E-state index >= 15 is 0 Å². The Labute approximate surface area is 248 Å². The average molecular weight is 612 g/mol. The lowest BCUT2D eigenvalue weighted by atomic mass is 10.0. The first kappa shape index (κ1) is 34.7. The number of benzene rings is 2. The fourth-order valence-electron chi connectivity index (χ4n) is 4.56. The molecule has 41 heavy (non-hydrogen) atoms. The highest BCUT2D eigenvalue weighted by atomic mass is 35.5. The van der Waals surface area contributed by atoms with Crippen molar-refractivity contribution in [1.29, 1.82) is 0 Å². The molecule has 2 rings (SSSR count). The number of aliphatic hydroxyl groups is 2. The summed E-state index contributed by atoms with van der Waals surface area (Å²) in [5.74, 6) is -0.625. The highest BCUT2D eigenvalue weighted by molar-refractivity contribution is 7.89. The van der Waals surface area contributed by atoms with Crippen molar-refractivity contribution in [2.24, 2.45) is 11.7 Å². The number of carbonyl (C=O) groups excluding carboxylic acids is 2. The summed E-state index contributed by atoms with van der Waals surface area (Å²) in [7, 11) is -2.77. The Morgan fingerprint density at radius 2 is 1.66 bits per heavy atom.